The third-order valence-electron chi connectivity index (χ3n) is 4.97. The number of allylic oxidation sites excluding steroid dienone is 4. The molecule has 0 aromatic rings. The Morgan fingerprint density at radius 3 is 2.81 bits per heavy atom. The molecule has 0 saturated heterocycles. The van der Waals surface area contributed by atoms with Gasteiger partial charge in [-0.15, -0.1) is 0 Å². The average Bonchev–Trinajstić information content (AvgIpc) is 2.53. The Morgan fingerprint density at radius 1 is 1.38 bits per heavy atom. The monoisotopic (exact) mass is 292 g/mol. The Hall–Kier alpha value is -1.05. The molecule has 0 aliphatic heterocycles. The molecule has 2 nitrogen and oxygen atoms in total. The molecule has 0 radical (unpaired) electrons. The maximum absolute atomic E-state index is 10.6. The molecule has 4 atom stereocenters. The molecule has 0 spiro atoms. The van der Waals surface area contributed by atoms with Gasteiger partial charge in [-0.25, -0.2) is 0 Å². The highest BCUT2D eigenvalue weighted by molar-refractivity contribution is 5.36. The summed E-state index contributed by atoms with van der Waals surface area (Å²) in [5.74, 6) is 2.27. The number of hydrogen-bond donors (Lipinski definition) is 0. The van der Waals surface area contributed by atoms with Crippen LogP contribution < -0.4 is 0 Å². The lowest BCUT2D eigenvalue weighted by atomic mass is 9.72. The van der Waals surface area contributed by atoms with E-state index in [2.05, 4.69) is 45.9 Å². The van der Waals surface area contributed by atoms with Gasteiger partial charge in [0.05, 0.1) is 6.61 Å². The van der Waals surface area contributed by atoms with Gasteiger partial charge in [0.1, 0.15) is 0 Å². The number of hydrogen-bond acceptors (Lipinski definition) is 2. The molecule has 2 heteroatoms. The van der Waals surface area contributed by atoms with Gasteiger partial charge < -0.3 is 4.74 Å². The van der Waals surface area contributed by atoms with Crippen LogP contribution in [0.15, 0.2) is 23.8 Å². The van der Waals surface area contributed by atoms with Crippen molar-refractivity contribution in [1.82, 2.24) is 0 Å². The summed E-state index contributed by atoms with van der Waals surface area (Å²) in [4.78, 5) is 10.6. The largest absolute Gasteiger partial charge is 0.468 e. The van der Waals surface area contributed by atoms with Gasteiger partial charge in [0, 0.05) is 0 Å². The van der Waals surface area contributed by atoms with Crippen LogP contribution in [0.1, 0.15) is 59.8 Å². The minimum atomic E-state index is 0.459. The predicted molar refractivity (Wildman–Crippen MR) is 89.0 cm³/mol. The van der Waals surface area contributed by atoms with Crippen LogP contribution in [0.25, 0.3) is 0 Å². The highest BCUT2D eigenvalue weighted by Crippen LogP contribution is 2.36. The zero-order valence-electron chi connectivity index (χ0n) is 14.2. The van der Waals surface area contributed by atoms with Crippen LogP contribution in [-0.2, 0) is 9.53 Å². The van der Waals surface area contributed by atoms with E-state index in [0.29, 0.717) is 36.8 Å². The molecule has 1 aliphatic rings. The summed E-state index contributed by atoms with van der Waals surface area (Å²) < 4.78 is 5.18. The van der Waals surface area contributed by atoms with Gasteiger partial charge in [-0.2, -0.15) is 0 Å². The van der Waals surface area contributed by atoms with Gasteiger partial charge in [0.2, 0.25) is 0 Å². The second-order valence-electron chi connectivity index (χ2n) is 6.70. The van der Waals surface area contributed by atoms with Crippen molar-refractivity contribution >= 4 is 6.47 Å². The van der Waals surface area contributed by atoms with Gasteiger partial charge in [-0.3, -0.25) is 4.79 Å². The molecule has 0 saturated carbocycles. The Labute approximate surface area is 130 Å². The summed E-state index contributed by atoms with van der Waals surface area (Å²) >= 11 is 0. The Bertz CT molecular complexity index is 357. The van der Waals surface area contributed by atoms with E-state index in [1.807, 2.05) is 0 Å². The summed E-state index contributed by atoms with van der Waals surface area (Å²) in [6.07, 6.45) is 12.7. The third-order valence-corrected chi connectivity index (χ3v) is 4.97. The Morgan fingerprint density at radius 2 is 2.14 bits per heavy atom. The van der Waals surface area contributed by atoms with Gasteiger partial charge in [0.25, 0.3) is 6.47 Å². The molecule has 1 aliphatic carbocycles. The lowest BCUT2D eigenvalue weighted by molar-refractivity contribution is -0.131. The average molecular weight is 292 g/mol. The van der Waals surface area contributed by atoms with E-state index < -0.39 is 0 Å². The van der Waals surface area contributed by atoms with Gasteiger partial charge in [-0.05, 0) is 49.9 Å². The smallest absolute Gasteiger partial charge is 0.293 e. The fourth-order valence-corrected chi connectivity index (χ4v) is 3.53. The van der Waals surface area contributed by atoms with Gasteiger partial charge >= 0.3 is 0 Å². The number of carbonyl (C=O) groups excluding carboxylic acids is 1. The lowest BCUT2D eigenvalue weighted by Gasteiger charge is -2.34. The van der Waals surface area contributed by atoms with E-state index in [4.69, 9.17) is 4.74 Å². The molecule has 21 heavy (non-hydrogen) atoms. The van der Waals surface area contributed by atoms with E-state index in [1.165, 1.54) is 18.4 Å². The van der Waals surface area contributed by atoms with Crippen LogP contribution in [0, 0.1) is 23.7 Å². The van der Waals surface area contributed by atoms with E-state index in [-0.39, 0.29) is 0 Å². The highest BCUT2D eigenvalue weighted by Gasteiger charge is 2.30. The molecule has 0 N–H and O–H groups in total. The molecule has 0 heterocycles. The lowest BCUT2D eigenvalue weighted by Crippen LogP contribution is -2.30. The molecule has 0 bridgehead atoms. The fourth-order valence-electron chi connectivity index (χ4n) is 3.53. The SMILES string of the molecule is CCCC(C)C(COC=O)C1CC=C(C)CC=CCC1C. The van der Waals surface area contributed by atoms with Crippen molar-refractivity contribution < 1.29 is 9.53 Å². The highest BCUT2D eigenvalue weighted by atomic mass is 16.5. The molecule has 0 amide bonds. The first-order valence-electron chi connectivity index (χ1n) is 8.46. The van der Waals surface area contributed by atoms with Crippen LogP contribution in [0.3, 0.4) is 0 Å². The standard InChI is InChI=1S/C19H32O2/c1-5-8-16(3)19(13-21-14-20)18-12-11-15(2)9-6-7-10-17(18)4/h6-7,11,14,16-19H,5,8-10,12-13H2,1-4H3. The maximum atomic E-state index is 10.6. The minimum absolute atomic E-state index is 0.459. The zero-order valence-corrected chi connectivity index (χ0v) is 14.2. The van der Waals surface area contributed by atoms with Gasteiger partial charge in [0.15, 0.2) is 0 Å². The third kappa shape index (κ3) is 6.07. The minimum Gasteiger partial charge on any atom is -0.468 e. The summed E-state index contributed by atoms with van der Waals surface area (Å²) in [6.45, 7) is 10.3. The van der Waals surface area contributed by atoms with Crippen molar-refractivity contribution in [2.75, 3.05) is 6.61 Å². The Kier molecular flexibility index (Phi) is 8.41. The Balaban J connectivity index is 2.90. The number of carbonyl (C=O) groups is 1. The van der Waals surface area contributed by atoms with Crippen LogP contribution in [-0.4, -0.2) is 13.1 Å². The second kappa shape index (κ2) is 9.81. The van der Waals surface area contributed by atoms with Crippen molar-refractivity contribution in [3.05, 3.63) is 23.8 Å². The molecule has 4 unspecified atom stereocenters. The summed E-state index contributed by atoms with van der Waals surface area (Å²) in [5.41, 5.74) is 1.45. The normalized spacial score (nSPS) is 26.0. The number of ether oxygens (including phenoxy) is 1. The summed E-state index contributed by atoms with van der Waals surface area (Å²) in [7, 11) is 0. The second-order valence-corrected chi connectivity index (χ2v) is 6.70. The van der Waals surface area contributed by atoms with Crippen LogP contribution in [0.5, 0.6) is 0 Å². The summed E-state index contributed by atoms with van der Waals surface area (Å²) in [5, 5.41) is 0. The van der Waals surface area contributed by atoms with Crippen LogP contribution >= 0.6 is 0 Å². The fraction of sp³-hybridized carbons (Fsp3) is 0.737. The first-order chi connectivity index (χ1) is 10.1. The molecule has 0 fully saturated rings. The van der Waals surface area contributed by atoms with E-state index >= 15 is 0 Å². The quantitative estimate of drug-likeness (QED) is 0.479. The van der Waals surface area contributed by atoms with E-state index in [0.717, 1.165) is 19.3 Å². The van der Waals surface area contributed by atoms with Crippen molar-refractivity contribution in [3.8, 4) is 0 Å². The zero-order chi connectivity index (χ0) is 15.7. The first-order valence-corrected chi connectivity index (χ1v) is 8.46. The summed E-state index contributed by atoms with van der Waals surface area (Å²) in [6, 6.07) is 0. The molecule has 0 aromatic carbocycles. The molecular formula is C19H32O2. The van der Waals surface area contributed by atoms with Crippen LogP contribution in [0.2, 0.25) is 0 Å². The van der Waals surface area contributed by atoms with Crippen LogP contribution in [0.4, 0.5) is 0 Å². The molecule has 0 aromatic heterocycles. The van der Waals surface area contributed by atoms with Crippen molar-refractivity contribution in [2.45, 2.75) is 59.8 Å². The van der Waals surface area contributed by atoms with Crippen molar-refractivity contribution in [2.24, 2.45) is 23.7 Å². The van der Waals surface area contributed by atoms with E-state index in [1.54, 1.807) is 0 Å². The maximum Gasteiger partial charge on any atom is 0.293 e. The topological polar surface area (TPSA) is 26.3 Å². The molecule has 1 rings (SSSR count). The molecular weight excluding hydrogens is 260 g/mol. The number of rotatable bonds is 7. The first kappa shape index (κ1) is 18.0. The van der Waals surface area contributed by atoms with Crippen molar-refractivity contribution in [3.63, 3.8) is 0 Å². The van der Waals surface area contributed by atoms with E-state index in [9.17, 15) is 4.79 Å². The predicted octanol–water partition coefficient (Wildman–Crippen LogP) is 5.15. The van der Waals surface area contributed by atoms with Crippen molar-refractivity contribution in [1.29, 1.82) is 0 Å². The molecule has 120 valence electrons. The van der Waals surface area contributed by atoms with Gasteiger partial charge in [-0.1, -0.05) is 57.4 Å².